The van der Waals surface area contributed by atoms with Gasteiger partial charge in [0.2, 0.25) is 0 Å². The van der Waals surface area contributed by atoms with E-state index in [0.29, 0.717) is 5.56 Å². The number of ketones is 1. The molecule has 122 valence electrons. The number of Topliss-reactive ketones (excluding diaryl/α,β-unsaturated/α-hetero) is 1. The minimum absolute atomic E-state index is 0.203. The molecule has 0 aliphatic carbocycles. The summed E-state index contributed by atoms with van der Waals surface area (Å²) in [5.41, 5.74) is 1.95. The molecule has 3 rings (SSSR count). The lowest BCUT2D eigenvalue weighted by atomic mass is 10.0. The van der Waals surface area contributed by atoms with Gasteiger partial charge in [-0.05, 0) is 35.0 Å². The fraction of sp³-hybridized carbons (Fsp3) is 0.111. The van der Waals surface area contributed by atoms with Gasteiger partial charge in [-0.15, -0.1) is 11.3 Å². The highest BCUT2D eigenvalue weighted by Gasteiger charge is 2.15. The summed E-state index contributed by atoms with van der Waals surface area (Å²) in [5, 5.41) is 0. The number of thiazole rings is 1. The van der Waals surface area contributed by atoms with E-state index in [1.165, 1.54) is 17.4 Å². The van der Waals surface area contributed by atoms with Gasteiger partial charge < -0.3 is 0 Å². The molecule has 24 heavy (non-hydrogen) atoms. The number of halogens is 3. The quantitative estimate of drug-likeness (QED) is 0.528. The summed E-state index contributed by atoms with van der Waals surface area (Å²) in [5.74, 6) is -1.74. The first-order valence-electron chi connectivity index (χ1n) is 7.15. The molecule has 0 N–H and O–H groups in total. The average molecular weight is 408 g/mol. The topological polar surface area (TPSA) is 30.0 Å². The van der Waals surface area contributed by atoms with Crippen molar-refractivity contribution < 1.29 is 13.6 Å². The summed E-state index contributed by atoms with van der Waals surface area (Å²) in [4.78, 5) is 17.7. The van der Waals surface area contributed by atoms with Gasteiger partial charge in [-0.2, -0.15) is 0 Å². The fourth-order valence-corrected chi connectivity index (χ4v) is 3.97. The van der Waals surface area contributed by atoms with Crippen molar-refractivity contribution in [3.63, 3.8) is 0 Å². The van der Waals surface area contributed by atoms with Crippen molar-refractivity contribution in [2.75, 3.05) is 0 Å². The largest absolute Gasteiger partial charge is 0.294 e. The summed E-state index contributed by atoms with van der Waals surface area (Å²) >= 11 is 4.89. The standard InChI is InChI=1S/C18H12BrF2NOS/c1-10-17(22-18(19)24-10)12-7-5-11(6-8-12)16(23)9-13-14(20)3-2-4-15(13)21/h2-8H,9H2,1H3. The maximum Gasteiger partial charge on any atom is 0.167 e. The van der Waals surface area contributed by atoms with Gasteiger partial charge in [0.1, 0.15) is 11.6 Å². The lowest BCUT2D eigenvalue weighted by Gasteiger charge is -2.05. The third-order valence-corrected chi connectivity index (χ3v) is 5.07. The summed E-state index contributed by atoms with van der Waals surface area (Å²) in [6, 6.07) is 10.5. The van der Waals surface area contributed by atoms with Crippen LogP contribution < -0.4 is 0 Å². The highest BCUT2D eigenvalue weighted by Crippen LogP contribution is 2.30. The Morgan fingerprint density at radius 2 is 1.75 bits per heavy atom. The van der Waals surface area contributed by atoms with Crippen LogP contribution in [0.4, 0.5) is 8.78 Å². The molecule has 1 aromatic heterocycles. The van der Waals surface area contributed by atoms with E-state index in [0.717, 1.165) is 32.2 Å². The number of hydrogen-bond donors (Lipinski definition) is 0. The minimum Gasteiger partial charge on any atom is -0.294 e. The molecule has 3 aromatic rings. The molecule has 2 aromatic carbocycles. The Balaban J connectivity index is 1.83. The third kappa shape index (κ3) is 3.44. The van der Waals surface area contributed by atoms with Crippen LogP contribution in [0.2, 0.25) is 0 Å². The summed E-state index contributed by atoms with van der Waals surface area (Å²) in [6.07, 6.45) is -0.306. The summed E-state index contributed by atoms with van der Waals surface area (Å²) < 4.78 is 28.1. The van der Waals surface area contributed by atoms with Gasteiger partial charge in [-0.3, -0.25) is 4.79 Å². The maximum atomic E-state index is 13.7. The predicted molar refractivity (Wildman–Crippen MR) is 94.4 cm³/mol. The van der Waals surface area contributed by atoms with Gasteiger partial charge >= 0.3 is 0 Å². The molecule has 0 atom stereocenters. The van der Waals surface area contributed by atoms with E-state index in [4.69, 9.17) is 0 Å². The normalized spacial score (nSPS) is 10.8. The molecule has 0 aliphatic rings. The molecule has 0 unspecified atom stereocenters. The van der Waals surface area contributed by atoms with Crippen LogP contribution in [0.3, 0.4) is 0 Å². The van der Waals surface area contributed by atoms with Crippen molar-refractivity contribution in [1.82, 2.24) is 4.98 Å². The van der Waals surface area contributed by atoms with Gasteiger partial charge in [0.05, 0.1) is 5.69 Å². The van der Waals surface area contributed by atoms with Crippen LogP contribution in [0.25, 0.3) is 11.3 Å². The summed E-state index contributed by atoms with van der Waals surface area (Å²) in [7, 11) is 0. The van der Waals surface area contributed by atoms with Crippen molar-refractivity contribution in [3.05, 3.63) is 74.0 Å². The van der Waals surface area contributed by atoms with E-state index in [2.05, 4.69) is 20.9 Å². The minimum atomic E-state index is -0.706. The summed E-state index contributed by atoms with van der Waals surface area (Å²) in [6.45, 7) is 1.97. The molecular formula is C18H12BrF2NOS. The van der Waals surface area contributed by atoms with Crippen LogP contribution in [0.15, 0.2) is 46.4 Å². The average Bonchev–Trinajstić information content (AvgIpc) is 2.89. The van der Waals surface area contributed by atoms with Gasteiger partial charge in [0, 0.05) is 28.0 Å². The van der Waals surface area contributed by atoms with Gasteiger partial charge in [-0.1, -0.05) is 30.3 Å². The third-order valence-electron chi connectivity index (χ3n) is 3.65. The number of carbonyl (C=O) groups excluding carboxylic acids is 1. The first-order valence-corrected chi connectivity index (χ1v) is 8.76. The molecule has 0 bridgehead atoms. The number of benzene rings is 2. The van der Waals surface area contributed by atoms with Crippen molar-refractivity contribution in [1.29, 1.82) is 0 Å². The van der Waals surface area contributed by atoms with Gasteiger partial charge in [-0.25, -0.2) is 13.8 Å². The van der Waals surface area contributed by atoms with E-state index in [1.807, 2.05) is 6.92 Å². The van der Waals surface area contributed by atoms with Crippen LogP contribution in [0, 0.1) is 18.6 Å². The molecule has 6 heteroatoms. The Morgan fingerprint density at radius 1 is 1.12 bits per heavy atom. The smallest absolute Gasteiger partial charge is 0.167 e. The lowest BCUT2D eigenvalue weighted by Crippen LogP contribution is -2.07. The van der Waals surface area contributed by atoms with Crippen molar-refractivity contribution in [2.24, 2.45) is 0 Å². The zero-order valence-corrected chi connectivity index (χ0v) is 15.0. The molecule has 0 radical (unpaired) electrons. The molecule has 0 spiro atoms. The highest BCUT2D eigenvalue weighted by molar-refractivity contribution is 9.11. The van der Waals surface area contributed by atoms with E-state index in [1.54, 1.807) is 24.3 Å². The fourth-order valence-electron chi connectivity index (χ4n) is 2.41. The number of aromatic nitrogens is 1. The molecule has 0 amide bonds. The van der Waals surface area contributed by atoms with Gasteiger partial charge in [0.25, 0.3) is 0 Å². The van der Waals surface area contributed by atoms with Crippen LogP contribution >= 0.6 is 27.3 Å². The first kappa shape index (κ1) is 16.9. The van der Waals surface area contributed by atoms with E-state index < -0.39 is 11.6 Å². The second kappa shape index (κ2) is 6.91. The van der Waals surface area contributed by atoms with E-state index in [9.17, 15) is 13.6 Å². The van der Waals surface area contributed by atoms with Crippen LogP contribution in [0.5, 0.6) is 0 Å². The van der Waals surface area contributed by atoms with Crippen molar-refractivity contribution in [2.45, 2.75) is 13.3 Å². The Morgan fingerprint density at radius 3 is 2.29 bits per heavy atom. The monoisotopic (exact) mass is 407 g/mol. The molecule has 0 fully saturated rings. The molecule has 0 saturated carbocycles. The Bertz CT molecular complexity index is 886. The number of hydrogen-bond acceptors (Lipinski definition) is 3. The molecule has 1 heterocycles. The SMILES string of the molecule is Cc1sc(Br)nc1-c1ccc(C(=O)Cc2c(F)cccc2F)cc1. The zero-order valence-electron chi connectivity index (χ0n) is 12.6. The molecule has 0 aliphatic heterocycles. The van der Waals surface area contributed by atoms with Crippen LogP contribution in [-0.4, -0.2) is 10.8 Å². The second-order valence-electron chi connectivity index (χ2n) is 5.25. The Kier molecular flexibility index (Phi) is 4.87. The van der Waals surface area contributed by atoms with Gasteiger partial charge in [0.15, 0.2) is 9.70 Å². The maximum absolute atomic E-state index is 13.7. The highest BCUT2D eigenvalue weighted by atomic mass is 79.9. The zero-order chi connectivity index (χ0) is 17.3. The lowest BCUT2D eigenvalue weighted by molar-refractivity contribution is 0.0990. The van der Waals surface area contributed by atoms with E-state index >= 15 is 0 Å². The van der Waals surface area contributed by atoms with Crippen molar-refractivity contribution >= 4 is 33.0 Å². The molecular weight excluding hydrogens is 396 g/mol. The number of aryl methyl sites for hydroxylation is 1. The number of carbonyl (C=O) groups is 1. The van der Waals surface area contributed by atoms with Crippen LogP contribution in [-0.2, 0) is 6.42 Å². The number of rotatable bonds is 4. The molecule has 0 saturated heterocycles. The second-order valence-corrected chi connectivity index (χ2v) is 7.73. The first-order chi connectivity index (χ1) is 11.5. The Hall–Kier alpha value is -1.92. The van der Waals surface area contributed by atoms with Crippen LogP contribution in [0.1, 0.15) is 20.8 Å². The predicted octanol–water partition coefficient (Wildman–Crippen LogP) is 5.58. The molecule has 2 nitrogen and oxygen atoms in total. The van der Waals surface area contributed by atoms with Crippen molar-refractivity contribution in [3.8, 4) is 11.3 Å². The number of nitrogens with zero attached hydrogens (tertiary/aromatic N) is 1. The Labute approximate surface area is 150 Å². The van der Waals surface area contributed by atoms with E-state index in [-0.39, 0.29) is 17.8 Å².